The molecule has 0 aliphatic carbocycles. The molecule has 0 saturated carbocycles. The number of amides is 1. The summed E-state index contributed by atoms with van der Waals surface area (Å²) in [6.07, 6.45) is 0. The van der Waals surface area contributed by atoms with E-state index in [2.05, 4.69) is 15.5 Å². The molecule has 0 aromatic heterocycles. The van der Waals surface area contributed by atoms with Crippen molar-refractivity contribution >= 4 is 17.5 Å². The Kier molecular flexibility index (Phi) is 5.25. The average molecular weight is 310 g/mol. The van der Waals surface area contributed by atoms with Gasteiger partial charge in [0.1, 0.15) is 0 Å². The molecule has 5 heteroatoms. The van der Waals surface area contributed by atoms with Crippen LogP contribution in [0.5, 0.6) is 0 Å². The van der Waals surface area contributed by atoms with Gasteiger partial charge in [-0.1, -0.05) is 29.8 Å². The van der Waals surface area contributed by atoms with Gasteiger partial charge < -0.3 is 10.6 Å². The molecule has 2 rings (SSSR count). The Morgan fingerprint density at radius 2 is 1.95 bits per heavy atom. The molecule has 2 N–H and O–H groups in total. The first-order chi connectivity index (χ1) is 9.93. The largest absolute Gasteiger partial charge is 0.348 e. The maximum atomic E-state index is 12.6. The fraction of sp³-hybridized carbons (Fsp3) is 0.562. The van der Waals surface area contributed by atoms with Crippen LogP contribution < -0.4 is 10.6 Å². The van der Waals surface area contributed by atoms with Gasteiger partial charge in [-0.3, -0.25) is 9.69 Å². The van der Waals surface area contributed by atoms with E-state index in [9.17, 15) is 4.79 Å². The number of benzene rings is 1. The van der Waals surface area contributed by atoms with Crippen molar-refractivity contribution in [3.8, 4) is 0 Å². The third kappa shape index (κ3) is 3.76. The van der Waals surface area contributed by atoms with Crippen LogP contribution in [0.1, 0.15) is 32.4 Å². The van der Waals surface area contributed by atoms with E-state index in [0.29, 0.717) is 5.02 Å². The van der Waals surface area contributed by atoms with Crippen molar-refractivity contribution in [3.63, 3.8) is 0 Å². The van der Waals surface area contributed by atoms with E-state index in [1.54, 1.807) is 0 Å². The quantitative estimate of drug-likeness (QED) is 0.896. The van der Waals surface area contributed by atoms with Gasteiger partial charge in [-0.15, -0.1) is 0 Å². The zero-order chi connectivity index (χ0) is 15.5. The third-order valence-electron chi connectivity index (χ3n) is 4.18. The van der Waals surface area contributed by atoms with Crippen LogP contribution >= 0.6 is 11.6 Å². The minimum atomic E-state index is -0.516. The van der Waals surface area contributed by atoms with Gasteiger partial charge in [0, 0.05) is 31.2 Å². The summed E-state index contributed by atoms with van der Waals surface area (Å²) in [5.74, 6) is 0.0387. The van der Waals surface area contributed by atoms with Crippen molar-refractivity contribution in [2.24, 2.45) is 0 Å². The lowest BCUT2D eigenvalue weighted by molar-refractivity contribution is -0.132. The van der Waals surface area contributed by atoms with E-state index in [1.165, 1.54) is 0 Å². The van der Waals surface area contributed by atoms with Crippen molar-refractivity contribution in [1.82, 2.24) is 15.5 Å². The second-order valence-electron chi connectivity index (χ2n) is 6.01. The molecule has 21 heavy (non-hydrogen) atoms. The number of piperazine rings is 1. The van der Waals surface area contributed by atoms with Crippen LogP contribution in [0.3, 0.4) is 0 Å². The van der Waals surface area contributed by atoms with Crippen LogP contribution in [-0.4, -0.2) is 42.5 Å². The fourth-order valence-corrected chi connectivity index (χ4v) is 2.94. The van der Waals surface area contributed by atoms with Gasteiger partial charge in [0.25, 0.3) is 0 Å². The first kappa shape index (κ1) is 16.3. The Bertz CT molecular complexity index is 498. The van der Waals surface area contributed by atoms with Gasteiger partial charge >= 0.3 is 0 Å². The Labute approximate surface area is 131 Å². The van der Waals surface area contributed by atoms with Gasteiger partial charge in [0.05, 0.1) is 11.6 Å². The molecule has 0 unspecified atom stereocenters. The molecule has 1 saturated heterocycles. The third-order valence-corrected chi connectivity index (χ3v) is 4.53. The summed E-state index contributed by atoms with van der Waals surface area (Å²) in [5, 5.41) is 7.08. The number of carbonyl (C=O) groups is 1. The number of nitrogens with one attached hydrogen (secondary N) is 2. The Morgan fingerprint density at radius 3 is 2.57 bits per heavy atom. The van der Waals surface area contributed by atoms with Gasteiger partial charge in [0.15, 0.2) is 0 Å². The molecule has 1 fully saturated rings. The summed E-state index contributed by atoms with van der Waals surface area (Å²) < 4.78 is 0. The highest BCUT2D eigenvalue weighted by Gasteiger charge is 2.35. The number of rotatable bonds is 4. The molecule has 1 aliphatic heterocycles. The van der Waals surface area contributed by atoms with E-state index in [-0.39, 0.29) is 11.9 Å². The SMILES string of the molecule is C[C@H](NC(=O)C(C)(C)N1CCNCC1)c1ccccc1Cl. The van der Waals surface area contributed by atoms with Crippen LogP contribution in [0.25, 0.3) is 0 Å². The van der Waals surface area contributed by atoms with E-state index >= 15 is 0 Å². The van der Waals surface area contributed by atoms with Crippen molar-refractivity contribution in [1.29, 1.82) is 0 Å². The topological polar surface area (TPSA) is 44.4 Å². The highest BCUT2D eigenvalue weighted by atomic mass is 35.5. The van der Waals surface area contributed by atoms with Gasteiger partial charge in [-0.25, -0.2) is 0 Å². The molecular formula is C16H24ClN3O. The highest BCUT2D eigenvalue weighted by Crippen LogP contribution is 2.24. The van der Waals surface area contributed by atoms with Crippen molar-refractivity contribution < 1.29 is 4.79 Å². The van der Waals surface area contributed by atoms with E-state index in [0.717, 1.165) is 31.7 Å². The van der Waals surface area contributed by atoms with Crippen LogP contribution in [0.4, 0.5) is 0 Å². The maximum absolute atomic E-state index is 12.6. The average Bonchev–Trinajstić information content (AvgIpc) is 2.48. The summed E-state index contributed by atoms with van der Waals surface area (Å²) in [4.78, 5) is 14.9. The first-order valence-corrected chi connectivity index (χ1v) is 7.82. The summed E-state index contributed by atoms with van der Waals surface area (Å²) in [7, 11) is 0. The molecule has 1 heterocycles. The lowest BCUT2D eigenvalue weighted by atomic mass is 9.99. The van der Waals surface area contributed by atoms with Gasteiger partial charge in [-0.05, 0) is 32.4 Å². The molecule has 1 atom stereocenters. The maximum Gasteiger partial charge on any atom is 0.240 e. The predicted octanol–water partition coefficient (Wildman–Crippen LogP) is 2.20. The standard InChI is InChI=1S/C16H24ClN3O/c1-12(13-6-4-5-7-14(13)17)19-15(21)16(2,3)20-10-8-18-9-11-20/h4-7,12,18H,8-11H2,1-3H3,(H,19,21)/t12-/m0/s1. The Morgan fingerprint density at radius 1 is 1.33 bits per heavy atom. The summed E-state index contributed by atoms with van der Waals surface area (Å²) in [5.41, 5.74) is 0.432. The van der Waals surface area contributed by atoms with Crippen molar-refractivity contribution in [2.75, 3.05) is 26.2 Å². The van der Waals surface area contributed by atoms with Crippen molar-refractivity contribution in [2.45, 2.75) is 32.4 Å². The van der Waals surface area contributed by atoms with E-state index in [1.807, 2.05) is 45.0 Å². The number of halogens is 1. The molecule has 1 aromatic carbocycles. The number of hydrogen-bond acceptors (Lipinski definition) is 3. The normalized spacial score (nSPS) is 18.3. The second kappa shape index (κ2) is 6.77. The second-order valence-corrected chi connectivity index (χ2v) is 6.42. The summed E-state index contributed by atoms with van der Waals surface area (Å²) in [6, 6.07) is 7.52. The molecule has 0 spiro atoms. The zero-order valence-electron chi connectivity index (χ0n) is 12.9. The molecule has 0 bridgehead atoms. The zero-order valence-corrected chi connectivity index (χ0v) is 13.7. The van der Waals surface area contributed by atoms with E-state index < -0.39 is 5.54 Å². The minimum absolute atomic E-state index is 0.0387. The van der Waals surface area contributed by atoms with Gasteiger partial charge in [0.2, 0.25) is 5.91 Å². The molecule has 1 aromatic rings. The molecule has 0 radical (unpaired) electrons. The van der Waals surface area contributed by atoms with Crippen LogP contribution in [0.15, 0.2) is 24.3 Å². The Balaban J connectivity index is 2.04. The molecule has 1 aliphatic rings. The number of hydrogen-bond donors (Lipinski definition) is 2. The van der Waals surface area contributed by atoms with E-state index in [4.69, 9.17) is 11.6 Å². The first-order valence-electron chi connectivity index (χ1n) is 7.44. The highest BCUT2D eigenvalue weighted by molar-refractivity contribution is 6.31. The predicted molar refractivity (Wildman–Crippen MR) is 86.5 cm³/mol. The summed E-state index contributed by atoms with van der Waals surface area (Å²) >= 11 is 6.20. The summed E-state index contributed by atoms with van der Waals surface area (Å²) in [6.45, 7) is 9.56. The molecular weight excluding hydrogens is 286 g/mol. The lowest BCUT2D eigenvalue weighted by Crippen LogP contribution is -2.60. The Hall–Kier alpha value is -1.10. The van der Waals surface area contributed by atoms with Crippen molar-refractivity contribution in [3.05, 3.63) is 34.9 Å². The number of nitrogens with zero attached hydrogens (tertiary/aromatic N) is 1. The molecule has 116 valence electrons. The van der Waals surface area contributed by atoms with Crippen LogP contribution in [0, 0.1) is 0 Å². The number of carbonyl (C=O) groups excluding carboxylic acids is 1. The monoisotopic (exact) mass is 309 g/mol. The van der Waals surface area contributed by atoms with Gasteiger partial charge in [-0.2, -0.15) is 0 Å². The molecule has 1 amide bonds. The lowest BCUT2D eigenvalue weighted by Gasteiger charge is -2.40. The van der Waals surface area contributed by atoms with Crippen LogP contribution in [-0.2, 0) is 4.79 Å². The van der Waals surface area contributed by atoms with Crippen LogP contribution in [0.2, 0.25) is 5.02 Å². The fourth-order valence-electron chi connectivity index (χ4n) is 2.64. The smallest absolute Gasteiger partial charge is 0.240 e. The minimum Gasteiger partial charge on any atom is -0.348 e. The molecule has 4 nitrogen and oxygen atoms in total.